The second-order valence-electron chi connectivity index (χ2n) is 8.49. The summed E-state index contributed by atoms with van der Waals surface area (Å²) >= 11 is 0. The van der Waals surface area contributed by atoms with Gasteiger partial charge in [-0.2, -0.15) is 15.3 Å². The zero-order valence-corrected chi connectivity index (χ0v) is 18.3. The molecule has 0 atom stereocenters. The average molecular weight is 447 g/mol. The molecule has 1 fully saturated rings. The van der Waals surface area contributed by atoms with Crippen LogP contribution in [0.5, 0.6) is 5.88 Å². The predicted molar refractivity (Wildman–Crippen MR) is 115 cm³/mol. The van der Waals surface area contributed by atoms with Gasteiger partial charge in [0.25, 0.3) is 0 Å². The van der Waals surface area contributed by atoms with E-state index >= 15 is 0 Å². The Bertz CT molecular complexity index is 1330. The van der Waals surface area contributed by atoms with Gasteiger partial charge in [0.1, 0.15) is 29.3 Å². The first-order valence-electron chi connectivity index (χ1n) is 10.9. The largest absolute Gasteiger partial charge is 0.474 e. The van der Waals surface area contributed by atoms with Crippen molar-refractivity contribution in [2.45, 2.75) is 57.5 Å². The van der Waals surface area contributed by atoms with Crippen LogP contribution in [0.25, 0.3) is 16.7 Å². The van der Waals surface area contributed by atoms with E-state index in [4.69, 9.17) is 14.5 Å². The zero-order valence-electron chi connectivity index (χ0n) is 18.3. The van der Waals surface area contributed by atoms with Gasteiger partial charge in [0.2, 0.25) is 11.8 Å². The first kappa shape index (κ1) is 21.0. The molecule has 1 aromatic carbocycles. The molecule has 1 aliphatic rings. The van der Waals surface area contributed by atoms with Crippen molar-refractivity contribution in [1.82, 2.24) is 29.9 Å². The fourth-order valence-electron chi connectivity index (χ4n) is 4.07. The lowest BCUT2D eigenvalue weighted by Crippen LogP contribution is -2.24. The minimum atomic E-state index is -0.555. The maximum atomic E-state index is 14.5. The number of ether oxygens (including phenoxy) is 1. The van der Waals surface area contributed by atoms with E-state index in [-0.39, 0.29) is 29.2 Å². The van der Waals surface area contributed by atoms with Crippen LogP contribution < -0.4 is 4.74 Å². The Kier molecular flexibility index (Phi) is 5.46. The second-order valence-corrected chi connectivity index (χ2v) is 8.49. The molecule has 0 bridgehead atoms. The van der Waals surface area contributed by atoms with E-state index in [9.17, 15) is 4.39 Å². The Balaban J connectivity index is 1.32. The van der Waals surface area contributed by atoms with Crippen LogP contribution in [0.15, 0.2) is 35.2 Å². The Labute approximate surface area is 189 Å². The lowest BCUT2D eigenvalue weighted by atomic mass is 9.87. The van der Waals surface area contributed by atoms with Gasteiger partial charge in [-0.15, -0.1) is 0 Å². The SMILES string of the molecule is CC(C)c1noc(C2CCC(Oc3ncnc4c3cnn4-c3ccc(C#N)cc3F)CC2)n1. The second kappa shape index (κ2) is 8.58. The third kappa shape index (κ3) is 4.02. The number of halogens is 1. The van der Waals surface area contributed by atoms with Crippen LogP contribution in [-0.4, -0.2) is 36.0 Å². The number of benzene rings is 1. The molecular weight excluding hydrogens is 425 g/mol. The normalized spacial score (nSPS) is 18.5. The molecule has 0 amide bonds. The number of hydrogen-bond acceptors (Lipinski definition) is 8. The highest BCUT2D eigenvalue weighted by Crippen LogP contribution is 2.35. The molecule has 10 heteroatoms. The fraction of sp³-hybridized carbons (Fsp3) is 0.391. The Hall–Kier alpha value is -3.87. The van der Waals surface area contributed by atoms with Gasteiger partial charge in [-0.25, -0.2) is 19.0 Å². The number of nitriles is 1. The van der Waals surface area contributed by atoms with Crippen molar-refractivity contribution >= 4 is 11.0 Å². The average Bonchev–Trinajstić information content (AvgIpc) is 3.48. The van der Waals surface area contributed by atoms with E-state index in [0.29, 0.717) is 22.8 Å². The minimum Gasteiger partial charge on any atom is -0.474 e. The molecule has 0 saturated heterocycles. The molecule has 1 aliphatic carbocycles. The predicted octanol–water partition coefficient (Wildman–Crippen LogP) is 4.44. The summed E-state index contributed by atoms with van der Waals surface area (Å²) in [5.41, 5.74) is 0.877. The quantitative estimate of drug-likeness (QED) is 0.441. The van der Waals surface area contributed by atoms with Gasteiger partial charge in [0, 0.05) is 11.8 Å². The number of aromatic nitrogens is 6. The van der Waals surface area contributed by atoms with Gasteiger partial charge in [-0.3, -0.25) is 0 Å². The van der Waals surface area contributed by atoms with Gasteiger partial charge in [-0.1, -0.05) is 19.0 Å². The molecule has 4 aromatic rings. The van der Waals surface area contributed by atoms with Crippen LogP contribution in [0.3, 0.4) is 0 Å². The van der Waals surface area contributed by atoms with E-state index in [2.05, 4.69) is 25.2 Å². The topological polar surface area (TPSA) is 116 Å². The van der Waals surface area contributed by atoms with Gasteiger partial charge in [-0.05, 0) is 43.9 Å². The zero-order chi connectivity index (χ0) is 22.9. The number of nitrogens with zero attached hydrogens (tertiary/aromatic N) is 7. The van der Waals surface area contributed by atoms with Gasteiger partial charge >= 0.3 is 0 Å². The van der Waals surface area contributed by atoms with Gasteiger partial charge < -0.3 is 9.26 Å². The molecule has 0 unspecified atom stereocenters. The van der Waals surface area contributed by atoms with Crippen molar-refractivity contribution in [1.29, 1.82) is 5.26 Å². The summed E-state index contributed by atoms with van der Waals surface area (Å²) in [5.74, 6) is 1.77. The molecule has 168 valence electrons. The lowest BCUT2D eigenvalue weighted by Gasteiger charge is -2.26. The molecule has 0 spiro atoms. The molecule has 3 aromatic heterocycles. The molecule has 33 heavy (non-hydrogen) atoms. The van der Waals surface area contributed by atoms with Crippen LogP contribution in [0.2, 0.25) is 0 Å². The lowest BCUT2D eigenvalue weighted by molar-refractivity contribution is 0.135. The summed E-state index contributed by atoms with van der Waals surface area (Å²) in [5, 5.41) is 17.9. The third-order valence-corrected chi connectivity index (χ3v) is 5.91. The summed E-state index contributed by atoms with van der Waals surface area (Å²) in [6, 6.07) is 6.14. The van der Waals surface area contributed by atoms with Crippen LogP contribution in [0.4, 0.5) is 4.39 Å². The van der Waals surface area contributed by atoms with E-state index in [1.165, 1.54) is 29.2 Å². The van der Waals surface area contributed by atoms with E-state index < -0.39 is 5.82 Å². The summed E-state index contributed by atoms with van der Waals surface area (Å²) in [6.07, 6.45) is 6.36. The Morgan fingerprint density at radius 2 is 2.03 bits per heavy atom. The standard InChI is InChI=1S/C23H22FN7O2/c1-13(2)20-29-22(33-30-20)15-4-6-16(7-5-15)32-23-17-11-28-31(21(17)26-12-27-23)19-8-3-14(10-25)9-18(19)24/h3,8-9,11-13,15-16H,4-7H2,1-2H3. The highest BCUT2D eigenvalue weighted by Gasteiger charge is 2.28. The van der Waals surface area contributed by atoms with Crippen molar-refractivity contribution in [3.63, 3.8) is 0 Å². The summed E-state index contributed by atoms with van der Waals surface area (Å²) < 4.78 is 27.6. The molecule has 1 saturated carbocycles. The van der Waals surface area contributed by atoms with Crippen molar-refractivity contribution in [2.75, 3.05) is 0 Å². The highest BCUT2D eigenvalue weighted by molar-refractivity contribution is 5.81. The molecule has 0 N–H and O–H groups in total. The molecule has 5 rings (SSSR count). The third-order valence-electron chi connectivity index (χ3n) is 5.91. The van der Waals surface area contributed by atoms with Crippen LogP contribution in [0, 0.1) is 17.1 Å². The maximum Gasteiger partial charge on any atom is 0.229 e. The van der Waals surface area contributed by atoms with Crippen molar-refractivity contribution in [3.8, 4) is 17.6 Å². The first-order chi connectivity index (χ1) is 16.0. The molecular formula is C23H22FN7O2. The Morgan fingerprint density at radius 3 is 2.73 bits per heavy atom. The minimum absolute atomic E-state index is 0.0122. The number of fused-ring (bicyclic) bond motifs is 1. The molecule has 0 aliphatic heterocycles. The van der Waals surface area contributed by atoms with E-state index in [0.717, 1.165) is 31.5 Å². The summed E-state index contributed by atoms with van der Waals surface area (Å²) in [6.45, 7) is 4.08. The number of hydrogen-bond donors (Lipinski definition) is 0. The van der Waals surface area contributed by atoms with Gasteiger partial charge in [0.05, 0.1) is 17.8 Å². The fourth-order valence-corrected chi connectivity index (χ4v) is 4.07. The van der Waals surface area contributed by atoms with Crippen LogP contribution in [-0.2, 0) is 0 Å². The van der Waals surface area contributed by atoms with Crippen LogP contribution in [0.1, 0.15) is 68.6 Å². The van der Waals surface area contributed by atoms with Crippen molar-refractivity contribution in [2.24, 2.45) is 0 Å². The van der Waals surface area contributed by atoms with Crippen LogP contribution >= 0.6 is 0 Å². The molecule has 0 radical (unpaired) electrons. The summed E-state index contributed by atoms with van der Waals surface area (Å²) in [7, 11) is 0. The maximum absolute atomic E-state index is 14.5. The van der Waals surface area contributed by atoms with Gasteiger partial charge in [0.15, 0.2) is 11.5 Å². The van der Waals surface area contributed by atoms with E-state index in [1.807, 2.05) is 19.9 Å². The first-order valence-corrected chi connectivity index (χ1v) is 10.9. The van der Waals surface area contributed by atoms with E-state index in [1.54, 1.807) is 6.20 Å². The summed E-state index contributed by atoms with van der Waals surface area (Å²) in [4.78, 5) is 13.1. The smallest absolute Gasteiger partial charge is 0.229 e. The Morgan fingerprint density at radius 1 is 1.21 bits per heavy atom. The highest BCUT2D eigenvalue weighted by atomic mass is 19.1. The van der Waals surface area contributed by atoms with Crippen molar-refractivity contribution < 1.29 is 13.7 Å². The molecule has 3 heterocycles. The molecule has 9 nitrogen and oxygen atoms in total. The van der Waals surface area contributed by atoms with Crippen molar-refractivity contribution in [3.05, 3.63) is 53.8 Å². The monoisotopic (exact) mass is 447 g/mol. The number of rotatable bonds is 5.